The Morgan fingerprint density at radius 1 is 1.43 bits per heavy atom. The fourth-order valence-corrected chi connectivity index (χ4v) is 2.73. The molecule has 0 amide bonds. The Bertz CT molecular complexity index is 696. The largest absolute Gasteiger partial charge is 0.334 e. The standard InChI is InChI=1S/C15H20N4O2/c1-10-3-6-15(16,7-4-10)14-17-13(21-18-14)11-5-8-19(2)12(20)9-11/h5,8-10H,3-4,6-7,16H2,1-2H3. The highest BCUT2D eigenvalue weighted by atomic mass is 16.5. The van der Waals surface area contributed by atoms with Gasteiger partial charge < -0.3 is 14.8 Å². The van der Waals surface area contributed by atoms with Crippen LogP contribution in [0.25, 0.3) is 11.5 Å². The number of rotatable bonds is 2. The lowest BCUT2D eigenvalue weighted by Gasteiger charge is -2.33. The molecule has 6 nitrogen and oxygen atoms in total. The summed E-state index contributed by atoms with van der Waals surface area (Å²) in [5.41, 5.74) is 6.45. The van der Waals surface area contributed by atoms with Crippen LogP contribution in [0, 0.1) is 5.92 Å². The quantitative estimate of drug-likeness (QED) is 0.910. The summed E-state index contributed by atoms with van der Waals surface area (Å²) in [6, 6.07) is 3.27. The normalized spacial score (nSPS) is 26.0. The second-order valence-electron chi connectivity index (χ2n) is 6.13. The van der Waals surface area contributed by atoms with E-state index in [-0.39, 0.29) is 5.56 Å². The number of aromatic nitrogens is 3. The highest BCUT2D eigenvalue weighted by molar-refractivity contribution is 5.51. The number of aryl methyl sites for hydroxylation is 1. The minimum Gasteiger partial charge on any atom is -0.334 e. The summed E-state index contributed by atoms with van der Waals surface area (Å²) in [6.45, 7) is 2.24. The molecule has 1 aliphatic carbocycles. The molecule has 0 atom stereocenters. The maximum atomic E-state index is 11.7. The summed E-state index contributed by atoms with van der Waals surface area (Å²) in [5.74, 6) is 1.60. The number of nitrogens with two attached hydrogens (primary N) is 1. The minimum atomic E-state index is -0.506. The van der Waals surface area contributed by atoms with Gasteiger partial charge in [0.25, 0.3) is 11.4 Å². The Labute approximate surface area is 123 Å². The van der Waals surface area contributed by atoms with Crippen LogP contribution in [0.5, 0.6) is 0 Å². The van der Waals surface area contributed by atoms with Crippen molar-refractivity contribution < 1.29 is 4.52 Å². The molecule has 1 saturated carbocycles. The minimum absolute atomic E-state index is 0.110. The van der Waals surface area contributed by atoms with E-state index >= 15 is 0 Å². The van der Waals surface area contributed by atoms with E-state index in [0.29, 0.717) is 23.2 Å². The van der Waals surface area contributed by atoms with E-state index in [0.717, 1.165) is 25.7 Å². The van der Waals surface area contributed by atoms with Gasteiger partial charge in [-0.05, 0) is 37.7 Å². The van der Waals surface area contributed by atoms with Gasteiger partial charge in [-0.2, -0.15) is 4.98 Å². The van der Waals surface area contributed by atoms with Gasteiger partial charge in [0, 0.05) is 24.9 Å². The van der Waals surface area contributed by atoms with Gasteiger partial charge in [0.1, 0.15) is 0 Å². The lowest BCUT2D eigenvalue weighted by Crippen LogP contribution is -2.41. The molecule has 0 radical (unpaired) electrons. The van der Waals surface area contributed by atoms with E-state index in [9.17, 15) is 4.79 Å². The van der Waals surface area contributed by atoms with Crippen molar-refractivity contribution in [2.75, 3.05) is 0 Å². The van der Waals surface area contributed by atoms with Crippen LogP contribution in [-0.4, -0.2) is 14.7 Å². The molecule has 0 bridgehead atoms. The van der Waals surface area contributed by atoms with Crippen molar-refractivity contribution in [3.63, 3.8) is 0 Å². The fraction of sp³-hybridized carbons (Fsp3) is 0.533. The molecule has 0 unspecified atom stereocenters. The van der Waals surface area contributed by atoms with E-state index < -0.39 is 5.54 Å². The smallest absolute Gasteiger partial charge is 0.258 e. The molecule has 112 valence electrons. The second-order valence-corrected chi connectivity index (χ2v) is 6.13. The van der Waals surface area contributed by atoms with Crippen LogP contribution in [-0.2, 0) is 12.6 Å². The first-order valence-corrected chi connectivity index (χ1v) is 7.28. The van der Waals surface area contributed by atoms with Crippen LogP contribution in [0.1, 0.15) is 38.4 Å². The Morgan fingerprint density at radius 3 is 2.81 bits per heavy atom. The Kier molecular flexibility index (Phi) is 3.41. The van der Waals surface area contributed by atoms with Crippen LogP contribution >= 0.6 is 0 Å². The molecule has 0 saturated heterocycles. The summed E-state index contributed by atoms with van der Waals surface area (Å²) >= 11 is 0. The van der Waals surface area contributed by atoms with Crippen molar-refractivity contribution in [1.29, 1.82) is 0 Å². The third-order valence-corrected chi connectivity index (χ3v) is 4.39. The number of hydrogen-bond donors (Lipinski definition) is 1. The van der Waals surface area contributed by atoms with Gasteiger partial charge in [0.15, 0.2) is 5.82 Å². The SMILES string of the molecule is CC1CCC(N)(c2noc(-c3ccn(C)c(=O)c3)n2)CC1. The molecule has 0 aromatic carbocycles. The highest BCUT2D eigenvalue weighted by Crippen LogP contribution is 2.36. The molecule has 1 aliphatic rings. The molecule has 2 aromatic rings. The first-order valence-electron chi connectivity index (χ1n) is 7.28. The lowest BCUT2D eigenvalue weighted by atomic mass is 9.77. The molecule has 2 aromatic heterocycles. The van der Waals surface area contributed by atoms with E-state index in [1.807, 2.05) is 0 Å². The van der Waals surface area contributed by atoms with Crippen molar-refractivity contribution in [3.8, 4) is 11.5 Å². The zero-order valence-electron chi connectivity index (χ0n) is 12.4. The third kappa shape index (κ3) is 2.63. The van der Waals surface area contributed by atoms with Crippen molar-refractivity contribution in [2.45, 2.75) is 38.1 Å². The number of pyridine rings is 1. The molecule has 2 N–H and O–H groups in total. The van der Waals surface area contributed by atoms with Gasteiger partial charge in [-0.15, -0.1) is 0 Å². The summed E-state index contributed by atoms with van der Waals surface area (Å²) in [5, 5.41) is 4.05. The predicted molar refractivity (Wildman–Crippen MR) is 78.5 cm³/mol. The topological polar surface area (TPSA) is 86.9 Å². The van der Waals surface area contributed by atoms with E-state index in [1.165, 1.54) is 10.6 Å². The van der Waals surface area contributed by atoms with Crippen LogP contribution in [0.2, 0.25) is 0 Å². The molecule has 3 rings (SSSR count). The molecule has 1 fully saturated rings. The monoisotopic (exact) mass is 288 g/mol. The van der Waals surface area contributed by atoms with Crippen LogP contribution in [0.15, 0.2) is 27.6 Å². The second kappa shape index (κ2) is 5.11. The fourth-order valence-electron chi connectivity index (χ4n) is 2.73. The first kappa shape index (κ1) is 14.0. The third-order valence-electron chi connectivity index (χ3n) is 4.39. The highest BCUT2D eigenvalue weighted by Gasteiger charge is 2.36. The average molecular weight is 288 g/mol. The zero-order valence-corrected chi connectivity index (χ0v) is 12.4. The summed E-state index contributed by atoms with van der Waals surface area (Å²) in [6.07, 6.45) is 5.56. The van der Waals surface area contributed by atoms with Gasteiger partial charge >= 0.3 is 0 Å². The first-order chi connectivity index (χ1) is 9.98. The van der Waals surface area contributed by atoms with E-state index in [1.54, 1.807) is 19.3 Å². The molecule has 0 spiro atoms. The van der Waals surface area contributed by atoms with Gasteiger partial charge in [0.2, 0.25) is 0 Å². The Balaban J connectivity index is 1.89. The molecular weight excluding hydrogens is 268 g/mol. The number of hydrogen-bond acceptors (Lipinski definition) is 5. The lowest BCUT2D eigenvalue weighted by molar-refractivity contribution is 0.230. The Morgan fingerprint density at radius 2 is 2.14 bits per heavy atom. The number of nitrogens with zero attached hydrogens (tertiary/aromatic N) is 3. The van der Waals surface area contributed by atoms with E-state index in [4.69, 9.17) is 10.3 Å². The van der Waals surface area contributed by atoms with Crippen molar-refractivity contribution >= 4 is 0 Å². The molecular formula is C15H20N4O2. The molecule has 21 heavy (non-hydrogen) atoms. The van der Waals surface area contributed by atoms with Crippen LogP contribution < -0.4 is 11.3 Å². The predicted octanol–water partition coefficient (Wildman–Crippen LogP) is 1.80. The van der Waals surface area contributed by atoms with E-state index in [2.05, 4.69) is 17.1 Å². The van der Waals surface area contributed by atoms with Gasteiger partial charge in [-0.3, -0.25) is 4.79 Å². The average Bonchev–Trinajstić information content (AvgIpc) is 2.96. The van der Waals surface area contributed by atoms with Crippen molar-refractivity contribution in [3.05, 3.63) is 34.5 Å². The summed E-state index contributed by atoms with van der Waals surface area (Å²) in [4.78, 5) is 16.1. The summed E-state index contributed by atoms with van der Waals surface area (Å²) < 4.78 is 6.80. The molecule has 6 heteroatoms. The van der Waals surface area contributed by atoms with Crippen LogP contribution in [0.3, 0.4) is 0 Å². The van der Waals surface area contributed by atoms with Crippen molar-refractivity contribution in [2.24, 2.45) is 18.7 Å². The zero-order chi connectivity index (χ0) is 15.0. The maximum absolute atomic E-state index is 11.7. The van der Waals surface area contributed by atoms with Gasteiger partial charge in [-0.25, -0.2) is 0 Å². The van der Waals surface area contributed by atoms with Gasteiger partial charge in [-0.1, -0.05) is 12.1 Å². The van der Waals surface area contributed by atoms with Crippen molar-refractivity contribution in [1.82, 2.24) is 14.7 Å². The van der Waals surface area contributed by atoms with Crippen LogP contribution in [0.4, 0.5) is 0 Å². The summed E-state index contributed by atoms with van der Waals surface area (Å²) in [7, 11) is 1.70. The molecule has 2 heterocycles. The molecule has 0 aliphatic heterocycles. The maximum Gasteiger partial charge on any atom is 0.258 e. The van der Waals surface area contributed by atoms with Gasteiger partial charge in [0.05, 0.1) is 5.54 Å². The Hall–Kier alpha value is -1.95.